The number of nitrogens with zero attached hydrogens (tertiary/aromatic N) is 3. The van der Waals surface area contributed by atoms with Crippen molar-refractivity contribution in [2.24, 2.45) is 0 Å². The standard InChI is InChI=1S/C24H24N4O2S/c1-15-4-9-21-22(10-15)31-23(27-21)18-5-7-20(8-6-18)26-12-19(11-25)24(29)28-13-16(2)30-17(3)14-28/h4-10,12,16-17,26H,13-14H2,1-3H3/b19-12-. The number of aryl methyl sites for hydroxylation is 1. The molecule has 1 aliphatic heterocycles. The number of carbonyl (C=O) groups excluding carboxylic acids is 1. The van der Waals surface area contributed by atoms with Gasteiger partial charge in [0.1, 0.15) is 16.6 Å². The number of nitriles is 1. The van der Waals surface area contributed by atoms with E-state index in [0.29, 0.717) is 13.1 Å². The van der Waals surface area contributed by atoms with Crippen LogP contribution in [-0.4, -0.2) is 41.1 Å². The maximum Gasteiger partial charge on any atom is 0.266 e. The number of rotatable bonds is 4. The van der Waals surface area contributed by atoms with Crippen LogP contribution in [0.15, 0.2) is 54.2 Å². The second kappa shape index (κ2) is 8.88. The van der Waals surface area contributed by atoms with Crippen molar-refractivity contribution < 1.29 is 9.53 Å². The van der Waals surface area contributed by atoms with E-state index in [1.807, 2.05) is 50.2 Å². The van der Waals surface area contributed by atoms with E-state index in [2.05, 4.69) is 24.4 Å². The molecule has 158 valence electrons. The van der Waals surface area contributed by atoms with E-state index in [1.165, 1.54) is 16.5 Å². The SMILES string of the molecule is Cc1ccc2nc(-c3ccc(N/C=C(/C#N)C(=O)N4CC(C)OC(C)C4)cc3)sc2c1. The van der Waals surface area contributed by atoms with Gasteiger partial charge in [-0.2, -0.15) is 5.26 Å². The van der Waals surface area contributed by atoms with Gasteiger partial charge in [0, 0.05) is 30.5 Å². The molecule has 31 heavy (non-hydrogen) atoms. The minimum absolute atomic E-state index is 0.0421. The molecule has 1 amide bonds. The third-order valence-corrected chi connectivity index (χ3v) is 6.18. The number of benzene rings is 2. The van der Waals surface area contributed by atoms with Gasteiger partial charge < -0.3 is 15.0 Å². The summed E-state index contributed by atoms with van der Waals surface area (Å²) in [7, 11) is 0. The van der Waals surface area contributed by atoms with Crippen molar-refractivity contribution in [1.82, 2.24) is 9.88 Å². The maximum absolute atomic E-state index is 12.7. The minimum Gasteiger partial charge on any atom is -0.372 e. The van der Waals surface area contributed by atoms with E-state index in [4.69, 9.17) is 9.72 Å². The zero-order valence-corrected chi connectivity index (χ0v) is 18.6. The van der Waals surface area contributed by atoms with Crippen LogP contribution in [0.5, 0.6) is 0 Å². The molecule has 2 aromatic carbocycles. The van der Waals surface area contributed by atoms with Crippen LogP contribution in [0.3, 0.4) is 0 Å². The molecule has 2 heterocycles. The highest BCUT2D eigenvalue weighted by atomic mass is 32.1. The lowest BCUT2D eigenvalue weighted by Crippen LogP contribution is -2.48. The molecule has 1 aliphatic rings. The van der Waals surface area contributed by atoms with E-state index in [-0.39, 0.29) is 23.7 Å². The van der Waals surface area contributed by atoms with Crippen molar-refractivity contribution >= 4 is 33.1 Å². The van der Waals surface area contributed by atoms with Crippen LogP contribution in [0.1, 0.15) is 19.4 Å². The monoisotopic (exact) mass is 432 g/mol. The van der Waals surface area contributed by atoms with Gasteiger partial charge in [0.05, 0.1) is 22.4 Å². The number of nitrogens with one attached hydrogen (secondary N) is 1. The summed E-state index contributed by atoms with van der Waals surface area (Å²) in [5.74, 6) is -0.279. The summed E-state index contributed by atoms with van der Waals surface area (Å²) >= 11 is 1.67. The molecule has 2 unspecified atom stereocenters. The Morgan fingerprint density at radius 2 is 1.94 bits per heavy atom. The van der Waals surface area contributed by atoms with Crippen molar-refractivity contribution in [3.05, 3.63) is 59.8 Å². The molecule has 4 rings (SSSR count). The predicted octanol–water partition coefficient (Wildman–Crippen LogP) is 4.73. The van der Waals surface area contributed by atoms with E-state index in [1.54, 1.807) is 16.2 Å². The second-order valence-electron chi connectivity index (χ2n) is 7.85. The number of amides is 1. The molecule has 0 spiro atoms. The topological polar surface area (TPSA) is 78.2 Å². The Balaban J connectivity index is 1.46. The number of hydrogen-bond acceptors (Lipinski definition) is 6. The number of hydrogen-bond donors (Lipinski definition) is 1. The molecule has 0 saturated carbocycles. The first kappa shape index (κ1) is 21.0. The second-order valence-corrected chi connectivity index (χ2v) is 8.88. The van der Waals surface area contributed by atoms with Gasteiger partial charge >= 0.3 is 0 Å². The minimum atomic E-state index is -0.279. The Bertz CT molecular complexity index is 1170. The average molecular weight is 433 g/mol. The molecule has 0 radical (unpaired) electrons. The smallest absolute Gasteiger partial charge is 0.266 e. The van der Waals surface area contributed by atoms with Gasteiger partial charge in [0.25, 0.3) is 5.91 Å². The van der Waals surface area contributed by atoms with Gasteiger partial charge in [-0.15, -0.1) is 11.3 Å². The summed E-state index contributed by atoms with van der Waals surface area (Å²) in [6.45, 7) is 6.90. The van der Waals surface area contributed by atoms with Gasteiger partial charge in [0.15, 0.2) is 0 Å². The molecule has 6 nitrogen and oxygen atoms in total. The number of fused-ring (bicyclic) bond motifs is 1. The highest BCUT2D eigenvalue weighted by Gasteiger charge is 2.27. The molecule has 3 aromatic rings. The van der Waals surface area contributed by atoms with Gasteiger partial charge in [-0.1, -0.05) is 6.07 Å². The Labute approximate surface area is 185 Å². The number of anilines is 1. The van der Waals surface area contributed by atoms with Crippen LogP contribution in [-0.2, 0) is 9.53 Å². The quantitative estimate of drug-likeness (QED) is 0.476. The van der Waals surface area contributed by atoms with Crippen LogP contribution in [0.4, 0.5) is 5.69 Å². The zero-order valence-electron chi connectivity index (χ0n) is 17.8. The molecule has 0 bridgehead atoms. The molecule has 1 aromatic heterocycles. The normalized spacial score (nSPS) is 19.3. The van der Waals surface area contributed by atoms with E-state index in [9.17, 15) is 10.1 Å². The Hall–Kier alpha value is -3.21. The van der Waals surface area contributed by atoms with Crippen molar-refractivity contribution in [2.75, 3.05) is 18.4 Å². The fourth-order valence-electron chi connectivity index (χ4n) is 3.68. The van der Waals surface area contributed by atoms with Crippen LogP contribution < -0.4 is 5.32 Å². The number of ether oxygens (including phenoxy) is 1. The summed E-state index contributed by atoms with van der Waals surface area (Å²) in [5.41, 5.74) is 4.12. The third-order valence-electron chi connectivity index (χ3n) is 5.12. The van der Waals surface area contributed by atoms with Crippen LogP contribution >= 0.6 is 11.3 Å². The Kier molecular flexibility index (Phi) is 6.03. The largest absolute Gasteiger partial charge is 0.372 e. The van der Waals surface area contributed by atoms with Crippen molar-refractivity contribution in [2.45, 2.75) is 33.0 Å². The van der Waals surface area contributed by atoms with E-state index >= 15 is 0 Å². The molecule has 1 fully saturated rings. The third kappa shape index (κ3) is 4.76. The summed E-state index contributed by atoms with van der Waals surface area (Å²) in [4.78, 5) is 19.1. The molecular formula is C24H24N4O2S. The average Bonchev–Trinajstić information content (AvgIpc) is 3.17. The lowest BCUT2D eigenvalue weighted by atomic mass is 10.2. The van der Waals surface area contributed by atoms with Crippen LogP contribution in [0.2, 0.25) is 0 Å². The number of carbonyl (C=O) groups is 1. The highest BCUT2D eigenvalue weighted by Crippen LogP contribution is 2.31. The summed E-state index contributed by atoms with van der Waals surface area (Å²) in [6.07, 6.45) is 1.39. The lowest BCUT2D eigenvalue weighted by molar-refractivity contribution is -0.138. The summed E-state index contributed by atoms with van der Waals surface area (Å²) in [5, 5.41) is 13.5. The predicted molar refractivity (Wildman–Crippen MR) is 124 cm³/mol. The fraction of sp³-hybridized carbons (Fsp3) is 0.292. The number of morpholine rings is 1. The van der Waals surface area contributed by atoms with Crippen molar-refractivity contribution in [3.8, 4) is 16.6 Å². The first-order valence-corrected chi connectivity index (χ1v) is 11.0. The lowest BCUT2D eigenvalue weighted by Gasteiger charge is -2.35. The van der Waals surface area contributed by atoms with Gasteiger partial charge in [-0.05, 0) is 62.7 Å². The molecule has 0 aliphatic carbocycles. The number of thiazole rings is 1. The summed E-state index contributed by atoms with van der Waals surface area (Å²) < 4.78 is 6.84. The first-order valence-electron chi connectivity index (χ1n) is 10.2. The molecule has 7 heteroatoms. The molecule has 1 N–H and O–H groups in total. The number of aromatic nitrogens is 1. The molecule has 1 saturated heterocycles. The first-order chi connectivity index (χ1) is 14.9. The Morgan fingerprint density at radius 1 is 1.23 bits per heavy atom. The molecular weight excluding hydrogens is 408 g/mol. The maximum atomic E-state index is 12.7. The van der Waals surface area contributed by atoms with E-state index < -0.39 is 0 Å². The fourth-order valence-corrected chi connectivity index (χ4v) is 4.75. The van der Waals surface area contributed by atoms with Crippen LogP contribution in [0.25, 0.3) is 20.8 Å². The van der Waals surface area contributed by atoms with Crippen LogP contribution in [0, 0.1) is 18.3 Å². The summed E-state index contributed by atoms with van der Waals surface area (Å²) in [6, 6.07) is 16.1. The highest BCUT2D eigenvalue weighted by molar-refractivity contribution is 7.21. The van der Waals surface area contributed by atoms with Gasteiger partial charge in [0.2, 0.25) is 0 Å². The zero-order chi connectivity index (χ0) is 22.0. The van der Waals surface area contributed by atoms with Crippen molar-refractivity contribution in [3.63, 3.8) is 0 Å². The van der Waals surface area contributed by atoms with Crippen molar-refractivity contribution in [1.29, 1.82) is 5.26 Å². The van der Waals surface area contributed by atoms with E-state index in [0.717, 1.165) is 21.8 Å². The van der Waals surface area contributed by atoms with Gasteiger partial charge in [-0.3, -0.25) is 4.79 Å². The molecule has 2 atom stereocenters. The van der Waals surface area contributed by atoms with Gasteiger partial charge in [-0.25, -0.2) is 4.98 Å². The Morgan fingerprint density at radius 3 is 2.61 bits per heavy atom.